The average molecular weight is 388 g/mol. The molecule has 5 nitrogen and oxygen atoms in total. The summed E-state index contributed by atoms with van der Waals surface area (Å²) in [5, 5.41) is 0. The molecule has 0 spiro atoms. The summed E-state index contributed by atoms with van der Waals surface area (Å²) in [7, 11) is 2.10. The summed E-state index contributed by atoms with van der Waals surface area (Å²) in [6.45, 7) is 6.57. The first-order chi connectivity index (χ1) is 13.4. The van der Waals surface area contributed by atoms with Crippen LogP contribution >= 0.6 is 11.3 Å². The lowest BCUT2D eigenvalue weighted by Crippen LogP contribution is -2.39. The average Bonchev–Trinajstić information content (AvgIpc) is 3.30. The van der Waals surface area contributed by atoms with Gasteiger partial charge in [0.1, 0.15) is 17.2 Å². The van der Waals surface area contributed by atoms with Gasteiger partial charge in [-0.2, -0.15) is 0 Å². The van der Waals surface area contributed by atoms with E-state index in [1.807, 2.05) is 30.5 Å². The number of fused-ring (bicyclic) bond motifs is 1. The van der Waals surface area contributed by atoms with Crippen molar-refractivity contribution in [2.75, 3.05) is 11.9 Å². The predicted molar refractivity (Wildman–Crippen MR) is 115 cm³/mol. The van der Waals surface area contributed by atoms with Gasteiger partial charge in [0.15, 0.2) is 5.65 Å². The van der Waals surface area contributed by atoms with Gasteiger partial charge in [0, 0.05) is 31.2 Å². The van der Waals surface area contributed by atoms with E-state index >= 15 is 0 Å². The fraction of sp³-hybridized carbons (Fsp3) is 0.227. The lowest BCUT2D eigenvalue weighted by atomic mass is 10.1. The Hall–Kier alpha value is -3.17. The second-order valence-electron chi connectivity index (χ2n) is 7.45. The molecule has 0 aromatic carbocycles. The number of imidazole rings is 1. The van der Waals surface area contributed by atoms with Crippen molar-refractivity contribution in [3.63, 3.8) is 0 Å². The Balaban J connectivity index is 1.78. The molecule has 0 bridgehead atoms. The Morgan fingerprint density at radius 3 is 2.68 bits per heavy atom. The Labute approximate surface area is 168 Å². The van der Waals surface area contributed by atoms with E-state index in [1.165, 1.54) is 0 Å². The summed E-state index contributed by atoms with van der Waals surface area (Å²) in [6.07, 6.45) is 7.29. The topological polar surface area (TPSA) is 46.3 Å². The molecule has 0 radical (unpaired) electrons. The highest BCUT2D eigenvalue weighted by Crippen LogP contribution is 2.37. The maximum atomic E-state index is 4.86. The summed E-state index contributed by atoms with van der Waals surface area (Å²) < 4.78 is 2.09. The normalized spacial score (nSPS) is 11.3. The van der Waals surface area contributed by atoms with E-state index in [2.05, 4.69) is 65.0 Å². The van der Waals surface area contributed by atoms with E-state index in [1.54, 1.807) is 29.9 Å². The van der Waals surface area contributed by atoms with Crippen LogP contribution in [0.4, 0.5) is 5.82 Å². The lowest BCUT2D eigenvalue weighted by molar-refractivity contribution is 0.533. The fourth-order valence-corrected chi connectivity index (χ4v) is 3.64. The van der Waals surface area contributed by atoms with Crippen LogP contribution < -0.4 is 4.90 Å². The lowest BCUT2D eigenvalue weighted by Gasteiger charge is -2.34. The molecule has 4 rings (SSSR count). The van der Waals surface area contributed by atoms with E-state index in [0.29, 0.717) is 0 Å². The number of nitrogens with zero attached hydrogens (tertiary/aromatic N) is 5. The van der Waals surface area contributed by atoms with Gasteiger partial charge in [-0.05, 0) is 56.9 Å². The minimum Gasteiger partial charge on any atom is -0.354 e. The summed E-state index contributed by atoms with van der Waals surface area (Å²) in [5.41, 5.74) is 2.50. The smallest absolute Gasteiger partial charge is 0.157 e. The molecule has 6 heteroatoms. The Morgan fingerprint density at radius 1 is 1.07 bits per heavy atom. The molecule has 4 aromatic heterocycles. The third-order valence-corrected chi connectivity index (χ3v) is 5.55. The number of pyridine rings is 1. The van der Waals surface area contributed by atoms with Crippen LogP contribution in [0, 0.1) is 11.8 Å². The van der Waals surface area contributed by atoms with Crippen molar-refractivity contribution in [1.82, 2.24) is 19.4 Å². The van der Waals surface area contributed by atoms with Crippen LogP contribution in [0.25, 0.3) is 16.2 Å². The van der Waals surface area contributed by atoms with Gasteiger partial charge >= 0.3 is 0 Å². The van der Waals surface area contributed by atoms with E-state index in [0.717, 1.165) is 32.6 Å². The minimum absolute atomic E-state index is 0.0488. The highest BCUT2D eigenvalue weighted by atomic mass is 32.1. The number of rotatable bonds is 2. The zero-order chi connectivity index (χ0) is 19.7. The van der Waals surface area contributed by atoms with Gasteiger partial charge in [0.2, 0.25) is 0 Å². The second kappa shape index (κ2) is 7.10. The molecule has 0 fully saturated rings. The summed E-state index contributed by atoms with van der Waals surface area (Å²) in [6, 6.07) is 9.87. The molecule has 0 atom stereocenters. The van der Waals surface area contributed by atoms with Crippen molar-refractivity contribution in [1.29, 1.82) is 0 Å². The van der Waals surface area contributed by atoms with E-state index < -0.39 is 0 Å². The Morgan fingerprint density at radius 2 is 1.93 bits per heavy atom. The quantitative estimate of drug-likeness (QED) is 0.476. The van der Waals surface area contributed by atoms with Crippen LogP contribution in [-0.2, 0) is 0 Å². The second-order valence-corrected chi connectivity index (χ2v) is 8.53. The first kappa shape index (κ1) is 18.2. The molecular weight excluding hydrogens is 366 g/mol. The van der Waals surface area contributed by atoms with Crippen LogP contribution in [0.15, 0.2) is 55.1 Å². The molecule has 0 saturated carbocycles. The van der Waals surface area contributed by atoms with Crippen molar-refractivity contribution in [3.8, 4) is 22.4 Å². The van der Waals surface area contributed by atoms with Crippen LogP contribution in [0.5, 0.6) is 0 Å². The highest BCUT2D eigenvalue weighted by molar-refractivity contribution is 7.16. The van der Waals surface area contributed by atoms with E-state index in [9.17, 15) is 0 Å². The maximum Gasteiger partial charge on any atom is 0.157 e. The van der Waals surface area contributed by atoms with Crippen molar-refractivity contribution in [2.24, 2.45) is 0 Å². The predicted octanol–water partition coefficient (Wildman–Crippen LogP) is 4.49. The zero-order valence-electron chi connectivity index (χ0n) is 16.3. The van der Waals surface area contributed by atoms with Crippen molar-refractivity contribution in [2.45, 2.75) is 26.3 Å². The van der Waals surface area contributed by atoms with Crippen LogP contribution in [0.2, 0.25) is 0 Å². The highest BCUT2D eigenvalue weighted by Gasteiger charge is 2.25. The first-order valence-corrected chi connectivity index (χ1v) is 9.84. The largest absolute Gasteiger partial charge is 0.354 e. The van der Waals surface area contributed by atoms with Gasteiger partial charge in [-0.1, -0.05) is 6.07 Å². The van der Waals surface area contributed by atoms with Crippen molar-refractivity contribution in [3.05, 3.63) is 65.7 Å². The standard InChI is InChI=1S/C22H21N5S/c1-22(2,3)26(4)21-20(25-19-15-23-13-14-27(19)21)18-11-10-17(28-18)9-8-16-7-5-6-12-24-16/h5-7,10-15H,1-4H3. The molecule has 0 aliphatic carbocycles. The summed E-state index contributed by atoms with van der Waals surface area (Å²) >= 11 is 1.64. The molecule has 0 saturated heterocycles. The Kier molecular flexibility index (Phi) is 4.62. The third-order valence-electron chi connectivity index (χ3n) is 4.55. The number of anilines is 1. The van der Waals surface area contributed by atoms with E-state index in [-0.39, 0.29) is 5.54 Å². The molecule has 140 valence electrons. The molecule has 28 heavy (non-hydrogen) atoms. The molecule has 0 amide bonds. The molecule has 4 aromatic rings. The van der Waals surface area contributed by atoms with Crippen LogP contribution in [0.3, 0.4) is 0 Å². The van der Waals surface area contributed by atoms with E-state index in [4.69, 9.17) is 4.98 Å². The van der Waals surface area contributed by atoms with Gasteiger partial charge in [0.25, 0.3) is 0 Å². The maximum absolute atomic E-state index is 4.86. The number of thiophene rings is 1. The molecule has 0 aliphatic heterocycles. The van der Waals surface area contributed by atoms with Gasteiger partial charge < -0.3 is 4.90 Å². The summed E-state index contributed by atoms with van der Waals surface area (Å²) in [5.74, 6) is 7.38. The van der Waals surface area contributed by atoms with Gasteiger partial charge in [0.05, 0.1) is 16.0 Å². The Bertz CT molecular complexity index is 1170. The third kappa shape index (κ3) is 3.49. The summed E-state index contributed by atoms with van der Waals surface area (Å²) in [4.78, 5) is 17.7. The van der Waals surface area contributed by atoms with Gasteiger partial charge in [-0.3, -0.25) is 9.38 Å². The van der Waals surface area contributed by atoms with Gasteiger partial charge in [-0.25, -0.2) is 9.97 Å². The van der Waals surface area contributed by atoms with Crippen molar-refractivity contribution < 1.29 is 0 Å². The fourth-order valence-electron chi connectivity index (χ4n) is 2.79. The number of hydrogen-bond donors (Lipinski definition) is 0. The van der Waals surface area contributed by atoms with Crippen molar-refractivity contribution >= 4 is 22.8 Å². The molecule has 4 heterocycles. The number of aromatic nitrogens is 4. The SMILES string of the molecule is CN(c1c(-c2ccc(C#Cc3ccccn3)s2)nc2cnccn12)C(C)(C)C. The minimum atomic E-state index is -0.0488. The molecule has 0 unspecified atom stereocenters. The van der Waals surface area contributed by atoms with Crippen LogP contribution in [0.1, 0.15) is 31.3 Å². The zero-order valence-corrected chi connectivity index (χ0v) is 17.2. The molecule has 0 aliphatic rings. The molecular formula is C22H21N5S. The first-order valence-electron chi connectivity index (χ1n) is 9.02. The monoisotopic (exact) mass is 387 g/mol. The molecule has 0 N–H and O–H groups in total. The van der Waals surface area contributed by atoms with Crippen LogP contribution in [-0.4, -0.2) is 31.9 Å². The van der Waals surface area contributed by atoms with Gasteiger partial charge in [-0.15, -0.1) is 11.3 Å². The number of hydrogen-bond acceptors (Lipinski definition) is 5.